The van der Waals surface area contributed by atoms with Gasteiger partial charge >= 0.3 is 0 Å². The van der Waals surface area contributed by atoms with Gasteiger partial charge < -0.3 is 24.8 Å². The highest BCUT2D eigenvalue weighted by Crippen LogP contribution is 2.34. The molecular weight excluding hydrogens is 478 g/mol. The van der Waals surface area contributed by atoms with Gasteiger partial charge in [-0.2, -0.15) is 0 Å². The van der Waals surface area contributed by atoms with Crippen LogP contribution >= 0.6 is 0 Å². The van der Waals surface area contributed by atoms with Crippen molar-refractivity contribution in [3.8, 4) is 17.4 Å². The Balaban J connectivity index is 1.76. The molecule has 7 nitrogen and oxygen atoms in total. The molecule has 2 heterocycles. The summed E-state index contributed by atoms with van der Waals surface area (Å²) in [4.78, 5) is 19.7. The molecule has 200 valence electrons. The van der Waals surface area contributed by atoms with Crippen LogP contribution < -0.4 is 19.9 Å². The van der Waals surface area contributed by atoms with Gasteiger partial charge in [-0.05, 0) is 47.2 Å². The minimum Gasteiger partial charge on any atom is -0.497 e. The largest absolute Gasteiger partial charge is 0.497 e. The maximum absolute atomic E-state index is 13.0. The molecule has 3 aromatic rings. The zero-order valence-corrected chi connectivity index (χ0v) is 23.1. The molecule has 0 spiro atoms. The van der Waals surface area contributed by atoms with Gasteiger partial charge in [-0.25, -0.2) is 4.98 Å². The number of anilines is 1. The molecule has 1 aliphatic heterocycles. The van der Waals surface area contributed by atoms with Gasteiger partial charge in [0.1, 0.15) is 11.5 Å². The van der Waals surface area contributed by atoms with Crippen LogP contribution in [0.4, 0.5) is 5.69 Å². The minimum absolute atomic E-state index is 0.0389. The Labute approximate surface area is 225 Å². The number of hydrogen-bond donors (Lipinski definition) is 1. The van der Waals surface area contributed by atoms with Crippen LogP contribution in [0, 0.1) is 0 Å². The number of carbonyl (C=O) groups is 1. The quantitative estimate of drug-likeness (QED) is 0.420. The smallest absolute Gasteiger partial charge is 0.237 e. The Kier molecular flexibility index (Phi) is 7.95. The molecule has 0 unspecified atom stereocenters. The number of carbonyl (C=O) groups excluding carboxylic acids is 1. The van der Waals surface area contributed by atoms with Crippen LogP contribution in [0.3, 0.4) is 0 Å². The van der Waals surface area contributed by atoms with E-state index in [2.05, 4.69) is 51.1 Å². The molecule has 0 radical (unpaired) electrons. The van der Waals surface area contributed by atoms with E-state index in [4.69, 9.17) is 24.9 Å². The third kappa shape index (κ3) is 5.77. The van der Waals surface area contributed by atoms with Crippen molar-refractivity contribution < 1.29 is 19.0 Å². The number of nitrogen functional groups attached to an aromatic ring is 1. The summed E-state index contributed by atoms with van der Waals surface area (Å²) in [5.74, 6) is 1.88. The molecule has 38 heavy (non-hydrogen) atoms. The van der Waals surface area contributed by atoms with E-state index in [1.807, 2.05) is 29.2 Å². The van der Waals surface area contributed by atoms with Crippen LogP contribution in [0.1, 0.15) is 56.0 Å². The van der Waals surface area contributed by atoms with E-state index in [9.17, 15) is 4.79 Å². The van der Waals surface area contributed by atoms with Gasteiger partial charge in [0, 0.05) is 30.2 Å². The maximum atomic E-state index is 13.0. The topological polar surface area (TPSA) is 86.9 Å². The van der Waals surface area contributed by atoms with Crippen molar-refractivity contribution in [3.05, 3.63) is 83.1 Å². The Morgan fingerprint density at radius 3 is 2.39 bits per heavy atom. The first-order chi connectivity index (χ1) is 18.1. The van der Waals surface area contributed by atoms with Crippen LogP contribution in [0.25, 0.3) is 5.57 Å². The lowest BCUT2D eigenvalue weighted by Gasteiger charge is -2.25. The molecule has 1 fully saturated rings. The van der Waals surface area contributed by atoms with Gasteiger partial charge in [-0.1, -0.05) is 51.1 Å². The summed E-state index contributed by atoms with van der Waals surface area (Å²) in [6.45, 7) is 7.02. The third-order valence-electron chi connectivity index (χ3n) is 6.99. The minimum atomic E-state index is -0.114. The molecule has 1 aliphatic rings. The number of rotatable bonds is 8. The number of methoxy groups -OCH3 is 3. The fraction of sp³-hybridized carbons (Fsp3) is 0.355. The van der Waals surface area contributed by atoms with E-state index in [0.29, 0.717) is 42.5 Å². The molecule has 1 amide bonds. The first-order valence-electron chi connectivity index (χ1n) is 12.8. The first-order valence-corrected chi connectivity index (χ1v) is 12.8. The molecule has 0 bridgehead atoms. The third-order valence-corrected chi connectivity index (χ3v) is 6.99. The Hall–Kier alpha value is -4.00. The van der Waals surface area contributed by atoms with Gasteiger partial charge in [-0.3, -0.25) is 4.79 Å². The Morgan fingerprint density at radius 1 is 1.03 bits per heavy atom. The van der Waals surface area contributed by atoms with Crippen LogP contribution in [-0.2, 0) is 16.8 Å². The van der Waals surface area contributed by atoms with E-state index in [0.717, 1.165) is 22.4 Å². The van der Waals surface area contributed by atoms with Crippen LogP contribution in [-0.4, -0.2) is 43.2 Å². The number of aromatic nitrogens is 1. The molecule has 0 aliphatic carbocycles. The average Bonchev–Trinajstić information content (AvgIpc) is 3.26. The van der Waals surface area contributed by atoms with E-state index in [1.165, 1.54) is 5.56 Å². The lowest BCUT2D eigenvalue weighted by atomic mass is 9.86. The second-order valence-electron chi connectivity index (χ2n) is 10.5. The normalized spacial score (nSPS) is 16.1. The van der Waals surface area contributed by atoms with Crippen molar-refractivity contribution in [3.63, 3.8) is 0 Å². The van der Waals surface area contributed by atoms with Gasteiger partial charge in [0.15, 0.2) is 0 Å². The van der Waals surface area contributed by atoms with Crippen molar-refractivity contribution in [2.24, 2.45) is 0 Å². The molecule has 4 rings (SSSR count). The Morgan fingerprint density at radius 2 is 1.76 bits per heavy atom. The standard InChI is InChI=1S/C31H37N3O4/c1-31(2,3)22-10-7-20(8-11-22)25(27-15-14-26(32)30(33-27)38-6)17-23-12-16-29(35)34(23)19-21-9-13-24(36-4)18-28(21)37-5/h7-11,13-15,17-18,23H,12,16,19,32H2,1-6H3/t23-/m1/s1. The first kappa shape index (κ1) is 27.0. The van der Waals surface area contributed by atoms with Crippen molar-refractivity contribution >= 4 is 17.2 Å². The molecular formula is C31H37N3O4. The maximum Gasteiger partial charge on any atom is 0.237 e. The molecule has 0 saturated carbocycles. The highest BCUT2D eigenvalue weighted by Gasteiger charge is 2.31. The van der Waals surface area contributed by atoms with Crippen LogP contribution in [0.15, 0.2) is 60.7 Å². The lowest BCUT2D eigenvalue weighted by Crippen LogP contribution is -2.31. The number of pyridine rings is 1. The number of likely N-dealkylation sites (tertiary alicyclic amines) is 1. The fourth-order valence-electron chi connectivity index (χ4n) is 4.74. The zero-order chi connectivity index (χ0) is 27.4. The van der Waals surface area contributed by atoms with Gasteiger partial charge in [-0.15, -0.1) is 0 Å². The molecule has 7 heteroatoms. The van der Waals surface area contributed by atoms with Gasteiger partial charge in [0.05, 0.1) is 38.8 Å². The summed E-state index contributed by atoms with van der Waals surface area (Å²) in [6.07, 6.45) is 3.34. The van der Waals surface area contributed by atoms with Crippen LogP contribution in [0.2, 0.25) is 0 Å². The van der Waals surface area contributed by atoms with Gasteiger partial charge in [0.25, 0.3) is 0 Å². The number of nitrogens with zero attached hydrogens (tertiary/aromatic N) is 2. The molecule has 2 aromatic carbocycles. The number of hydrogen-bond acceptors (Lipinski definition) is 6. The van der Waals surface area contributed by atoms with Gasteiger partial charge in [0.2, 0.25) is 11.8 Å². The number of benzene rings is 2. The Bertz CT molecular complexity index is 1330. The molecule has 1 atom stereocenters. The SMILES string of the molecule is COc1ccc(CN2C(=O)CC[C@@H]2C=C(c2ccc(C(C)(C)C)cc2)c2ccc(N)c(OC)n2)c(OC)c1. The van der Waals surface area contributed by atoms with E-state index >= 15 is 0 Å². The second kappa shape index (κ2) is 11.2. The average molecular weight is 516 g/mol. The van der Waals surface area contributed by atoms with Crippen molar-refractivity contribution in [2.45, 2.75) is 51.6 Å². The zero-order valence-electron chi connectivity index (χ0n) is 23.1. The fourth-order valence-corrected chi connectivity index (χ4v) is 4.74. The number of nitrogens with two attached hydrogens (primary N) is 1. The second-order valence-corrected chi connectivity index (χ2v) is 10.5. The summed E-state index contributed by atoms with van der Waals surface area (Å²) in [7, 11) is 4.81. The monoisotopic (exact) mass is 515 g/mol. The summed E-state index contributed by atoms with van der Waals surface area (Å²) in [6, 6.07) is 17.8. The van der Waals surface area contributed by atoms with Crippen LogP contribution in [0.5, 0.6) is 17.4 Å². The van der Waals surface area contributed by atoms with Crippen molar-refractivity contribution in [2.75, 3.05) is 27.1 Å². The van der Waals surface area contributed by atoms with E-state index in [-0.39, 0.29) is 17.4 Å². The van der Waals surface area contributed by atoms with E-state index in [1.54, 1.807) is 27.4 Å². The molecule has 1 aromatic heterocycles. The predicted molar refractivity (Wildman–Crippen MR) is 151 cm³/mol. The number of amides is 1. The lowest BCUT2D eigenvalue weighted by molar-refractivity contribution is -0.129. The summed E-state index contributed by atoms with van der Waals surface area (Å²) >= 11 is 0. The molecule has 2 N–H and O–H groups in total. The molecule has 1 saturated heterocycles. The predicted octanol–water partition coefficient (Wildman–Crippen LogP) is 5.61. The number of ether oxygens (including phenoxy) is 3. The van der Waals surface area contributed by atoms with E-state index < -0.39 is 0 Å². The van der Waals surface area contributed by atoms with Crippen molar-refractivity contribution in [1.29, 1.82) is 0 Å². The highest BCUT2D eigenvalue weighted by molar-refractivity contribution is 5.83. The highest BCUT2D eigenvalue weighted by atomic mass is 16.5. The summed E-state index contributed by atoms with van der Waals surface area (Å²) in [5, 5.41) is 0. The summed E-state index contributed by atoms with van der Waals surface area (Å²) < 4.78 is 16.3. The van der Waals surface area contributed by atoms with Crippen molar-refractivity contribution in [1.82, 2.24) is 9.88 Å². The summed E-state index contributed by atoms with van der Waals surface area (Å²) in [5.41, 5.74) is 11.4.